The molecule has 0 bridgehead atoms. The van der Waals surface area contributed by atoms with Crippen molar-refractivity contribution in [3.8, 4) is 23.0 Å². The second kappa shape index (κ2) is 19.5. The Morgan fingerprint density at radius 2 is 1.21 bits per heavy atom. The summed E-state index contributed by atoms with van der Waals surface area (Å²) in [4.78, 5) is 23.1. The van der Waals surface area contributed by atoms with E-state index in [-0.39, 0.29) is 52.7 Å². The second-order valence-electron chi connectivity index (χ2n) is 7.20. The van der Waals surface area contributed by atoms with Crippen LogP contribution in [0, 0.1) is 7.43 Å². The molecule has 1 N–H and O–H groups in total. The number of carbonyl (C=O) groups is 2. The Hall–Kier alpha value is -3.62. The van der Waals surface area contributed by atoms with Crippen LogP contribution < -0.4 is 14.2 Å². The smallest absolute Gasteiger partial charge is 0.341 e. The molecule has 0 aromatic heterocycles. The fourth-order valence-corrected chi connectivity index (χ4v) is 2.89. The SMILES string of the molecule is COCOc1ccc(O)cc1C(=O)OC.COCOc1ccc(OCc2ccccc2)cc1C(=O)OC.[CH3-].[Pd]. The predicted molar refractivity (Wildman–Crippen MR) is 139 cm³/mol. The van der Waals surface area contributed by atoms with Crippen LogP contribution in [0.4, 0.5) is 0 Å². The van der Waals surface area contributed by atoms with E-state index in [0.717, 1.165) is 5.56 Å². The molecule has 3 aromatic rings. The van der Waals surface area contributed by atoms with Crippen LogP contribution in [0.1, 0.15) is 26.3 Å². The molecule has 0 radical (unpaired) electrons. The van der Waals surface area contributed by atoms with Gasteiger partial charge in [-0.15, -0.1) is 0 Å². The maximum absolute atomic E-state index is 11.8. The molecule has 3 aromatic carbocycles. The molecule has 0 saturated carbocycles. The molecule has 11 heteroatoms. The van der Waals surface area contributed by atoms with E-state index in [0.29, 0.717) is 29.4 Å². The zero-order valence-electron chi connectivity index (χ0n) is 22.4. The van der Waals surface area contributed by atoms with E-state index in [1.165, 1.54) is 46.6 Å². The molecule has 0 saturated heterocycles. The minimum absolute atomic E-state index is 0. The molecular formula is C28H33O10Pd-. The summed E-state index contributed by atoms with van der Waals surface area (Å²) in [6.45, 7) is 0.489. The fraction of sp³-hybridized carbons (Fsp3) is 0.250. The average Bonchev–Trinajstić information content (AvgIpc) is 2.94. The van der Waals surface area contributed by atoms with Gasteiger partial charge in [-0.25, -0.2) is 9.59 Å². The Bertz CT molecular complexity index is 1140. The normalized spacial score (nSPS) is 9.44. The van der Waals surface area contributed by atoms with Crippen molar-refractivity contribution in [3.63, 3.8) is 0 Å². The number of methoxy groups -OCH3 is 4. The third-order valence-electron chi connectivity index (χ3n) is 4.64. The van der Waals surface area contributed by atoms with Crippen molar-refractivity contribution in [1.82, 2.24) is 0 Å². The zero-order chi connectivity index (χ0) is 27.0. The molecule has 0 unspecified atom stereocenters. The van der Waals surface area contributed by atoms with Gasteiger partial charge in [-0.2, -0.15) is 0 Å². The van der Waals surface area contributed by atoms with Crippen molar-refractivity contribution in [2.75, 3.05) is 42.0 Å². The van der Waals surface area contributed by atoms with Crippen molar-refractivity contribution in [1.29, 1.82) is 0 Å². The van der Waals surface area contributed by atoms with Crippen LogP contribution in [0.25, 0.3) is 0 Å². The molecule has 10 nitrogen and oxygen atoms in total. The van der Waals surface area contributed by atoms with E-state index in [4.69, 9.17) is 28.4 Å². The largest absolute Gasteiger partial charge is 0.508 e. The summed E-state index contributed by atoms with van der Waals surface area (Å²) >= 11 is 0. The van der Waals surface area contributed by atoms with Crippen molar-refractivity contribution in [3.05, 3.63) is 90.8 Å². The van der Waals surface area contributed by atoms with Crippen molar-refractivity contribution >= 4 is 11.9 Å². The van der Waals surface area contributed by atoms with Crippen LogP contribution >= 0.6 is 0 Å². The van der Waals surface area contributed by atoms with Gasteiger partial charge in [-0.05, 0) is 42.0 Å². The quantitative estimate of drug-likeness (QED) is 0.138. The summed E-state index contributed by atoms with van der Waals surface area (Å²) in [5, 5.41) is 9.21. The molecule has 0 aliphatic carbocycles. The van der Waals surface area contributed by atoms with E-state index < -0.39 is 11.9 Å². The monoisotopic (exact) mass is 635 g/mol. The molecule has 216 valence electrons. The number of ether oxygens (including phenoxy) is 7. The summed E-state index contributed by atoms with van der Waals surface area (Å²) < 4.78 is 35.0. The maximum atomic E-state index is 11.8. The van der Waals surface area contributed by atoms with Crippen LogP contribution in [0.2, 0.25) is 0 Å². The summed E-state index contributed by atoms with van der Waals surface area (Å²) in [5.41, 5.74) is 1.50. The first kappa shape index (κ1) is 35.4. The van der Waals surface area contributed by atoms with E-state index in [1.807, 2.05) is 30.3 Å². The molecule has 3 rings (SSSR count). The van der Waals surface area contributed by atoms with Gasteiger partial charge >= 0.3 is 11.9 Å². The van der Waals surface area contributed by atoms with Gasteiger partial charge in [-0.3, -0.25) is 0 Å². The molecule has 0 heterocycles. The Morgan fingerprint density at radius 1 is 0.692 bits per heavy atom. The number of phenolic OH excluding ortho intramolecular Hbond substituents is 1. The number of rotatable bonds is 11. The summed E-state index contributed by atoms with van der Waals surface area (Å²) in [6.07, 6.45) is 0. The topological polar surface area (TPSA) is 119 Å². The van der Waals surface area contributed by atoms with Crippen LogP contribution in [0.3, 0.4) is 0 Å². The van der Waals surface area contributed by atoms with Crippen molar-refractivity contribution in [2.24, 2.45) is 0 Å². The number of benzene rings is 3. The number of aromatic hydroxyl groups is 1. The van der Waals surface area contributed by atoms with Gasteiger partial charge < -0.3 is 45.7 Å². The maximum Gasteiger partial charge on any atom is 0.341 e. The molecular weight excluding hydrogens is 603 g/mol. The third-order valence-corrected chi connectivity index (χ3v) is 4.64. The Balaban J connectivity index is 0.000000752. The van der Waals surface area contributed by atoms with Crippen LogP contribution in [-0.4, -0.2) is 59.1 Å². The molecule has 0 amide bonds. The molecule has 0 aliphatic heterocycles. The van der Waals surface area contributed by atoms with Gasteiger partial charge in [0, 0.05) is 34.6 Å². The Labute approximate surface area is 242 Å². The number of phenols is 1. The second-order valence-corrected chi connectivity index (χ2v) is 7.20. The van der Waals surface area contributed by atoms with E-state index >= 15 is 0 Å². The summed E-state index contributed by atoms with van der Waals surface area (Å²) in [6, 6.07) is 18.9. The van der Waals surface area contributed by atoms with E-state index in [2.05, 4.69) is 4.74 Å². The molecule has 0 atom stereocenters. The minimum atomic E-state index is -0.572. The van der Waals surface area contributed by atoms with Gasteiger partial charge in [0.05, 0.1) is 14.2 Å². The standard InChI is InChI=1S/C17H18O5.C10H12O5.CH3.Pd/c1-19-12-22-16-9-8-14(10-15(16)17(18)20-2)21-11-13-6-4-3-5-7-13;1-13-6-15-9-4-3-7(11)5-8(9)10(12)14-2;;/h3-10H,11-12H2,1-2H3;3-5,11H,6H2,1-2H3;1H3;/q;;-1;. The van der Waals surface area contributed by atoms with Crippen molar-refractivity contribution < 1.29 is 68.3 Å². The molecule has 0 aliphatic rings. The van der Waals surface area contributed by atoms with Gasteiger partial charge in [0.25, 0.3) is 0 Å². The van der Waals surface area contributed by atoms with Crippen LogP contribution in [0.15, 0.2) is 66.7 Å². The van der Waals surface area contributed by atoms with Gasteiger partial charge in [0.2, 0.25) is 0 Å². The number of carbonyl (C=O) groups excluding carboxylic acids is 2. The Kier molecular flexibility index (Phi) is 17.6. The average molecular weight is 636 g/mol. The summed E-state index contributed by atoms with van der Waals surface area (Å²) in [5.74, 6) is 0.171. The van der Waals surface area contributed by atoms with Gasteiger partial charge in [0.1, 0.15) is 40.7 Å². The third kappa shape index (κ3) is 11.8. The van der Waals surface area contributed by atoms with Crippen LogP contribution in [0.5, 0.6) is 23.0 Å². The van der Waals surface area contributed by atoms with Gasteiger partial charge in [0.15, 0.2) is 13.6 Å². The first-order chi connectivity index (χ1) is 17.9. The predicted octanol–water partition coefficient (Wildman–Crippen LogP) is 4.64. The summed E-state index contributed by atoms with van der Waals surface area (Å²) in [7, 11) is 5.56. The first-order valence-corrected chi connectivity index (χ1v) is 11.0. The van der Waals surface area contributed by atoms with E-state index in [9.17, 15) is 14.7 Å². The number of hydrogen-bond acceptors (Lipinski definition) is 10. The minimum Gasteiger partial charge on any atom is -0.508 e. The fourth-order valence-electron chi connectivity index (χ4n) is 2.89. The zero-order valence-corrected chi connectivity index (χ0v) is 24.0. The van der Waals surface area contributed by atoms with E-state index in [1.54, 1.807) is 18.2 Å². The first-order valence-electron chi connectivity index (χ1n) is 11.0. The number of esters is 2. The molecule has 0 fully saturated rings. The Morgan fingerprint density at radius 3 is 1.72 bits per heavy atom. The molecule has 0 spiro atoms. The molecule has 39 heavy (non-hydrogen) atoms. The van der Waals surface area contributed by atoms with Crippen LogP contribution in [-0.2, 0) is 46.0 Å². The van der Waals surface area contributed by atoms with Gasteiger partial charge in [-0.1, -0.05) is 30.3 Å². The van der Waals surface area contributed by atoms with Crippen molar-refractivity contribution in [2.45, 2.75) is 6.61 Å². The number of hydrogen-bond donors (Lipinski definition) is 1.